The minimum absolute atomic E-state index is 0.0666. The predicted octanol–water partition coefficient (Wildman–Crippen LogP) is 4.44. The molecule has 176 valence electrons. The summed E-state index contributed by atoms with van der Waals surface area (Å²) in [5, 5.41) is 3.46. The minimum Gasteiger partial charge on any atom is -0.473 e. The average molecular weight is 462 g/mol. The monoisotopic (exact) mass is 462 g/mol. The van der Waals surface area contributed by atoms with Crippen molar-refractivity contribution < 1.29 is 22.6 Å². The van der Waals surface area contributed by atoms with Gasteiger partial charge in [0, 0.05) is 25.3 Å². The van der Waals surface area contributed by atoms with Gasteiger partial charge < -0.3 is 14.8 Å². The number of ether oxygens (including phenoxy) is 2. The Hall–Kier alpha value is -3.14. The van der Waals surface area contributed by atoms with Gasteiger partial charge in [-0.2, -0.15) is 0 Å². The van der Waals surface area contributed by atoms with Gasteiger partial charge in [0.25, 0.3) is 12.0 Å². The third kappa shape index (κ3) is 4.66. The van der Waals surface area contributed by atoms with Crippen LogP contribution in [0.5, 0.6) is 5.88 Å². The number of aryl methyl sites for hydroxylation is 1. The Labute approximate surface area is 188 Å². The molecule has 0 radical (unpaired) electrons. The molecule has 0 bridgehead atoms. The fourth-order valence-electron chi connectivity index (χ4n) is 3.91. The normalized spacial score (nSPS) is 17.4. The molecular weight excluding hydrogens is 437 g/mol. The second kappa shape index (κ2) is 9.38. The van der Waals surface area contributed by atoms with Crippen LogP contribution in [-0.2, 0) is 11.8 Å². The van der Waals surface area contributed by atoms with Crippen LogP contribution >= 0.6 is 0 Å². The van der Waals surface area contributed by atoms with Gasteiger partial charge in [-0.3, -0.25) is 9.36 Å². The molecule has 7 nitrogen and oxygen atoms in total. The van der Waals surface area contributed by atoms with Gasteiger partial charge in [0.1, 0.15) is 29.1 Å². The molecule has 3 heterocycles. The molecule has 0 spiro atoms. The third-order valence-electron chi connectivity index (χ3n) is 5.68. The number of anilines is 1. The van der Waals surface area contributed by atoms with Gasteiger partial charge in [-0.15, -0.1) is 0 Å². The Balaban J connectivity index is 1.74. The van der Waals surface area contributed by atoms with Crippen LogP contribution in [-0.4, -0.2) is 33.9 Å². The summed E-state index contributed by atoms with van der Waals surface area (Å²) in [6.45, 7) is 4.38. The maximum atomic E-state index is 14.7. The number of benzene rings is 1. The van der Waals surface area contributed by atoms with Crippen molar-refractivity contribution in [2.75, 3.05) is 18.5 Å². The van der Waals surface area contributed by atoms with Crippen LogP contribution < -0.4 is 15.6 Å². The molecule has 1 aliphatic heterocycles. The molecule has 2 aromatic heterocycles. The van der Waals surface area contributed by atoms with Crippen molar-refractivity contribution in [3.05, 3.63) is 57.4 Å². The fraction of sp³-hybridized carbons (Fsp3) is 0.435. The van der Waals surface area contributed by atoms with Crippen molar-refractivity contribution in [2.24, 2.45) is 7.05 Å². The number of pyridine rings is 1. The van der Waals surface area contributed by atoms with Gasteiger partial charge in [0.05, 0.1) is 23.6 Å². The Morgan fingerprint density at radius 1 is 1.27 bits per heavy atom. The zero-order chi connectivity index (χ0) is 23.7. The highest BCUT2D eigenvalue weighted by Crippen LogP contribution is 2.31. The molecule has 2 atom stereocenters. The summed E-state index contributed by atoms with van der Waals surface area (Å²) >= 11 is 0. The van der Waals surface area contributed by atoms with E-state index in [4.69, 9.17) is 9.47 Å². The molecule has 4 rings (SSSR count). The van der Waals surface area contributed by atoms with Crippen LogP contribution in [0.2, 0.25) is 0 Å². The van der Waals surface area contributed by atoms with E-state index in [1.54, 1.807) is 27.0 Å². The average Bonchev–Trinajstić information content (AvgIpc) is 2.78. The van der Waals surface area contributed by atoms with Crippen molar-refractivity contribution in [2.45, 2.75) is 45.3 Å². The largest absolute Gasteiger partial charge is 0.473 e. The number of hydrogen-bond acceptors (Lipinski definition) is 6. The summed E-state index contributed by atoms with van der Waals surface area (Å²) < 4.78 is 53.8. The zero-order valence-electron chi connectivity index (χ0n) is 18.6. The van der Waals surface area contributed by atoms with E-state index >= 15 is 0 Å². The first kappa shape index (κ1) is 23.0. The minimum atomic E-state index is -2.93. The first-order valence-corrected chi connectivity index (χ1v) is 10.7. The van der Waals surface area contributed by atoms with Crippen molar-refractivity contribution in [3.63, 3.8) is 0 Å². The number of nitrogens with zero attached hydrogens (tertiary/aromatic N) is 3. The molecule has 1 aromatic carbocycles. The maximum absolute atomic E-state index is 14.7. The lowest BCUT2D eigenvalue weighted by Crippen LogP contribution is -2.31. The second-order valence-electron chi connectivity index (χ2n) is 8.10. The van der Waals surface area contributed by atoms with E-state index < -0.39 is 23.8 Å². The number of alkyl halides is 2. The van der Waals surface area contributed by atoms with Gasteiger partial charge in [0.2, 0.25) is 0 Å². The van der Waals surface area contributed by atoms with Gasteiger partial charge in [-0.05, 0) is 26.7 Å². The van der Waals surface area contributed by atoms with E-state index in [2.05, 4.69) is 15.3 Å². The molecule has 1 saturated heterocycles. The molecule has 1 aliphatic rings. The van der Waals surface area contributed by atoms with Gasteiger partial charge in [0.15, 0.2) is 5.88 Å². The molecular formula is C23H25F3N4O3. The topological polar surface area (TPSA) is 78.3 Å². The van der Waals surface area contributed by atoms with E-state index in [-0.39, 0.29) is 28.6 Å². The van der Waals surface area contributed by atoms with Crippen LogP contribution in [0.3, 0.4) is 0 Å². The third-order valence-corrected chi connectivity index (χ3v) is 5.68. The first-order chi connectivity index (χ1) is 15.8. The molecule has 1 N–H and O–H groups in total. The standard InChI is InChI=1S/C23H25F3N4O3/c1-12(15-7-4-8-16(19(15)24)21(25)26)27-22-17-10-18(33-14-6-5-9-32-11-14)30(3)23(31)20(17)28-13(2)29-22/h4,7-8,10,12,14,21H,5-6,9,11H2,1-3H3,(H,27,28,29)/t12-,14?/m1/s1. The lowest BCUT2D eigenvalue weighted by atomic mass is 10.0. The van der Waals surface area contributed by atoms with E-state index in [1.165, 1.54) is 16.7 Å². The van der Waals surface area contributed by atoms with Gasteiger partial charge >= 0.3 is 0 Å². The quantitative estimate of drug-likeness (QED) is 0.584. The van der Waals surface area contributed by atoms with Gasteiger partial charge in [-0.1, -0.05) is 18.2 Å². The Bertz CT molecular complexity index is 1230. The van der Waals surface area contributed by atoms with Crippen LogP contribution in [0.25, 0.3) is 10.9 Å². The number of halogens is 3. The lowest BCUT2D eigenvalue weighted by molar-refractivity contribution is 0.00393. The highest BCUT2D eigenvalue weighted by atomic mass is 19.3. The fourth-order valence-corrected chi connectivity index (χ4v) is 3.91. The molecule has 1 fully saturated rings. The molecule has 3 aromatic rings. The Kier molecular flexibility index (Phi) is 6.55. The van der Waals surface area contributed by atoms with Crippen molar-refractivity contribution in [1.82, 2.24) is 14.5 Å². The number of hydrogen-bond donors (Lipinski definition) is 1. The van der Waals surface area contributed by atoms with E-state index in [0.717, 1.165) is 18.9 Å². The Morgan fingerprint density at radius 3 is 2.73 bits per heavy atom. The highest BCUT2D eigenvalue weighted by molar-refractivity contribution is 5.89. The summed E-state index contributed by atoms with van der Waals surface area (Å²) in [5.41, 5.74) is -0.791. The highest BCUT2D eigenvalue weighted by Gasteiger charge is 2.22. The second-order valence-corrected chi connectivity index (χ2v) is 8.10. The number of rotatable bonds is 6. The summed E-state index contributed by atoms with van der Waals surface area (Å²) in [4.78, 5) is 21.7. The molecule has 10 heteroatoms. The lowest BCUT2D eigenvalue weighted by Gasteiger charge is -2.24. The van der Waals surface area contributed by atoms with E-state index in [0.29, 0.717) is 30.3 Å². The predicted molar refractivity (Wildman–Crippen MR) is 117 cm³/mol. The molecule has 0 aliphatic carbocycles. The summed E-state index contributed by atoms with van der Waals surface area (Å²) in [6.07, 6.45) is -1.44. The van der Waals surface area contributed by atoms with Crippen molar-refractivity contribution in [1.29, 1.82) is 0 Å². The Morgan fingerprint density at radius 2 is 2.03 bits per heavy atom. The smallest absolute Gasteiger partial charge is 0.279 e. The van der Waals surface area contributed by atoms with Crippen LogP contribution in [0.1, 0.15) is 49.2 Å². The van der Waals surface area contributed by atoms with E-state index in [9.17, 15) is 18.0 Å². The van der Waals surface area contributed by atoms with E-state index in [1.807, 2.05) is 0 Å². The molecule has 1 unspecified atom stereocenters. The molecule has 0 amide bonds. The van der Waals surface area contributed by atoms with Gasteiger partial charge in [-0.25, -0.2) is 23.1 Å². The van der Waals surface area contributed by atoms with Crippen molar-refractivity contribution in [3.8, 4) is 5.88 Å². The number of aromatic nitrogens is 3. The summed E-state index contributed by atoms with van der Waals surface area (Å²) in [5.74, 6) is -0.0170. The number of fused-ring (bicyclic) bond motifs is 1. The maximum Gasteiger partial charge on any atom is 0.279 e. The SMILES string of the molecule is Cc1nc(N[C@H](C)c2cccc(C(F)F)c2F)c2cc(OC3CCCOC3)n(C)c(=O)c2n1. The first-order valence-electron chi connectivity index (χ1n) is 10.7. The molecule has 0 saturated carbocycles. The zero-order valence-corrected chi connectivity index (χ0v) is 18.6. The summed E-state index contributed by atoms with van der Waals surface area (Å²) in [7, 11) is 1.60. The number of nitrogens with one attached hydrogen (secondary N) is 1. The van der Waals surface area contributed by atoms with Crippen LogP contribution in [0.4, 0.5) is 19.0 Å². The molecule has 33 heavy (non-hydrogen) atoms. The summed E-state index contributed by atoms with van der Waals surface area (Å²) in [6, 6.07) is 4.83. The van der Waals surface area contributed by atoms with Crippen LogP contribution in [0, 0.1) is 12.7 Å². The van der Waals surface area contributed by atoms with Crippen molar-refractivity contribution >= 4 is 16.7 Å². The van der Waals surface area contributed by atoms with Crippen LogP contribution in [0.15, 0.2) is 29.1 Å².